The van der Waals surface area contributed by atoms with Gasteiger partial charge in [-0.05, 0) is 61.2 Å². The molecule has 0 saturated carbocycles. The predicted octanol–water partition coefficient (Wildman–Crippen LogP) is 4.85. The van der Waals surface area contributed by atoms with Crippen molar-refractivity contribution in [1.29, 1.82) is 0 Å². The van der Waals surface area contributed by atoms with E-state index in [9.17, 15) is 18.8 Å². The zero-order chi connectivity index (χ0) is 26.0. The largest absolute Gasteiger partial charge is 0.343 e. The molecule has 36 heavy (non-hydrogen) atoms. The number of carbonyl (C=O) groups excluding carboxylic acids is 3. The summed E-state index contributed by atoms with van der Waals surface area (Å²) in [5.41, 5.74) is 1.21. The van der Waals surface area contributed by atoms with E-state index in [-0.39, 0.29) is 40.6 Å². The van der Waals surface area contributed by atoms with Gasteiger partial charge in [-0.3, -0.25) is 14.4 Å². The van der Waals surface area contributed by atoms with Crippen molar-refractivity contribution in [2.45, 2.75) is 38.1 Å². The summed E-state index contributed by atoms with van der Waals surface area (Å²) in [5, 5.41) is 0.576. The number of likely N-dealkylation sites (tertiary alicyclic amines) is 2. The van der Waals surface area contributed by atoms with E-state index in [2.05, 4.69) is 0 Å². The molecule has 2 heterocycles. The Morgan fingerprint density at radius 2 is 1.58 bits per heavy atom. The SMILES string of the molecule is CC(=O)N1CCC(C(=O)N2CC[C@@H](N(C)C(=O)c3ccc(Cl)cc3)[C@H](c3ccc(Cl)c(F)c3)C2)CC1. The average Bonchev–Trinajstić information content (AvgIpc) is 2.89. The van der Waals surface area contributed by atoms with Crippen LogP contribution in [0, 0.1) is 11.7 Å². The van der Waals surface area contributed by atoms with Crippen LogP contribution in [0.15, 0.2) is 42.5 Å². The number of piperidine rings is 2. The highest BCUT2D eigenvalue weighted by atomic mass is 35.5. The second-order valence-corrected chi connectivity index (χ2v) is 10.5. The van der Waals surface area contributed by atoms with Gasteiger partial charge in [0.2, 0.25) is 11.8 Å². The van der Waals surface area contributed by atoms with E-state index in [1.54, 1.807) is 54.1 Å². The van der Waals surface area contributed by atoms with Crippen LogP contribution in [0.1, 0.15) is 48.0 Å². The number of rotatable bonds is 4. The molecule has 0 spiro atoms. The predicted molar refractivity (Wildman–Crippen MR) is 138 cm³/mol. The Hall–Kier alpha value is -2.64. The van der Waals surface area contributed by atoms with Crippen molar-refractivity contribution in [3.8, 4) is 0 Å². The first-order valence-electron chi connectivity index (χ1n) is 12.2. The summed E-state index contributed by atoms with van der Waals surface area (Å²) in [6.07, 6.45) is 1.82. The quantitative estimate of drug-likeness (QED) is 0.564. The number of benzene rings is 2. The fourth-order valence-electron chi connectivity index (χ4n) is 5.32. The molecular weight excluding hydrogens is 504 g/mol. The fourth-order valence-corrected chi connectivity index (χ4v) is 5.56. The topological polar surface area (TPSA) is 60.9 Å². The van der Waals surface area contributed by atoms with Crippen molar-refractivity contribution in [3.63, 3.8) is 0 Å². The lowest BCUT2D eigenvalue weighted by Gasteiger charge is -2.44. The summed E-state index contributed by atoms with van der Waals surface area (Å²) in [4.78, 5) is 43.7. The Morgan fingerprint density at radius 3 is 2.19 bits per heavy atom. The number of nitrogens with zero attached hydrogens (tertiary/aromatic N) is 3. The van der Waals surface area contributed by atoms with Crippen LogP contribution in [-0.2, 0) is 9.59 Å². The molecule has 2 atom stereocenters. The summed E-state index contributed by atoms with van der Waals surface area (Å²) in [6.45, 7) is 3.57. The van der Waals surface area contributed by atoms with Gasteiger partial charge in [-0.15, -0.1) is 0 Å². The Morgan fingerprint density at radius 1 is 0.944 bits per heavy atom. The lowest BCUT2D eigenvalue weighted by atomic mass is 9.83. The lowest BCUT2D eigenvalue weighted by Crippen LogP contribution is -2.53. The van der Waals surface area contributed by atoms with Gasteiger partial charge in [0.1, 0.15) is 5.82 Å². The van der Waals surface area contributed by atoms with Crippen LogP contribution in [0.4, 0.5) is 4.39 Å². The van der Waals surface area contributed by atoms with E-state index < -0.39 is 5.82 Å². The second kappa shape index (κ2) is 11.2. The summed E-state index contributed by atoms with van der Waals surface area (Å²) in [7, 11) is 1.75. The Labute approximate surface area is 220 Å². The molecule has 2 fully saturated rings. The van der Waals surface area contributed by atoms with Crippen LogP contribution in [0.5, 0.6) is 0 Å². The molecule has 0 radical (unpaired) electrons. The molecule has 192 valence electrons. The molecule has 6 nitrogen and oxygen atoms in total. The van der Waals surface area contributed by atoms with Gasteiger partial charge < -0.3 is 14.7 Å². The van der Waals surface area contributed by atoms with E-state index in [4.69, 9.17) is 23.2 Å². The van der Waals surface area contributed by atoms with Crippen LogP contribution >= 0.6 is 23.2 Å². The minimum absolute atomic E-state index is 0.0277. The third-order valence-corrected chi connectivity index (χ3v) is 8.02. The molecule has 0 bridgehead atoms. The molecule has 2 saturated heterocycles. The van der Waals surface area contributed by atoms with Gasteiger partial charge in [0.05, 0.1) is 5.02 Å². The van der Waals surface area contributed by atoms with E-state index >= 15 is 0 Å². The van der Waals surface area contributed by atoms with Gasteiger partial charge in [-0.1, -0.05) is 29.3 Å². The first-order chi connectivity index (χ1) is 17.2. The molecule has 0 aliphatic carbocycles. The van der Waals surface area contributed by atoms with Crippen LogP contribution in [0.3, 0.4) is 0 Å². The number of halogens is 3. The summed E-state index contributed by atoms with van der Waals surface area (Å²) in [6, 6.07) is 11.2. The standard InChI is InChI=1S/C27H30Cl2FN3O3/c1-17(34)32-12-9-19(10-13-32)27(36)33-14-11-25(22(16-33)20-5-8-23(29)24(30)15-20)31(2)26(35)18-3-6-21(28)7-4-18/h3-8,15,19,22,25H,9-14,16H2,1-2H3/t22-,25+/m0/s1. The van der Waals surface area contributed by atoms with Crippen LogP contribution in [0.2, 0.25) is 10.0 Å². The third-order valence-electron chi connectivity index (χ3n) is 7.46. The molecular formula is C27H30Cl2FN3O3. The molecule has 3 amide bonds. The highest BCUT2D eigenvalue weighted by Crippen LogP contribution is 2.34. The molecule has 2 aliphatic heterocycles. The maximum atomic E-state index is 14.4. The molecule has 0 N–H and O–H groups in total. The molecule has 0 unspecified atom stereocenters. The molecule has 2 aliphatic rings. The van der Waals surface area contributed by atoms with Gasteiger partial charge in [0.15, 0.2) is 0 Å². The molecule has 4 rings (SSSR count). The van der Waals surface area contributed by atoms with Crippen molar-refractivity contribution in [2.75, 3.05) is 33.2 Å². The first-order valence-corrected chi connectivity index (χ1v) is 12.9. The van der Waals surface area contributed by atoms with Crippen LogP contribution in [-0.4, -0.2) is 71.7 Å². The molecule has 2 aromatic carbocycles. The molecule has 0 aromatic heterocycles. The maximum Gasteiger partial charge on any atom is 0.253 e. The van der Waals surface area contributed by atoms with Crippen LogP contribution < -0.4 is 0 Å². The smallest absolute Gasteiger partial charge is 0.253 e. The molecule has 2 aromatic rings. The second-order valence-electron chi connectivity index (χ2n) is 9.62. The summed E-state index contributed by atoms with van der Waals surface area (Å²) >= 11 is 11.9. The average molecular weight is 534 g/mol. The van der Waals surface area contributed by atoms with Gasteiger partial charge in [0.25, 0.3) is 5.91 Å². The summed E-state index contributed by atoms with van der Waals surface area (Å²) in [5.74, 6) is -1.03. The number of hydrogen-bond donors (Lipinski definition) is 0. The highest BCUT2D eigenvalue weighted by molar-refractivity contribution is 6.31. The fraction of sp³-hybridized carbons (Fsp3) is 0.444. The number of carbonyl (C=O) groups is 3. The van der Waals surface area contributed by atoms with Crippen molar-refractivity contribution in [3.05, 3.63) is 69.5 Å². The normalized spacial score (nSPS) is 20.8. The van der Waals surface area contributed by atoms with Gasteiger partial charge in [-0.25, -0.2) is 4.39 Å². The van der Waals surface area contributed by atoms with Crippen LogP contribution in [0.25, 0.3) is 0 Å². The van der Waals surface area contributed by atoms with Crippen molar-refractivity contribution in [2.24, 2.45) is 5.92 Å². The van der Waals surface area contributed by atoms with E-state index in [1.165, 1.54) is 12.1 Å². The van der Waals surface area contributed by atoms with Crippen molar-refractivity contribution >= 4 is 40.9 Å². The minimum Gasteiger partial charge on any atom is -0.343 e. The number of likely N-dealkylation sites (N-methyl/N-ethyl adjacent to an activating group) is 1. The Bertz CT molecular complexity index is 1140. The zero-order valence-corrected chi connectivity index (χ0v) is 21.9. The van der Waals surface area contributed by atoms with Gasteiger partial charge in [0, 0.05) is 68.6 Å². The van der Waals surface area contributed by atoms with Crippen molar-refractivity contribution < 1.29 is 18.8 Å². The Balaban J connectivity index is 1.55. The zero-order valence-electron chi connectivity index (χ0n) is 20.4. The lowest BCUT2D eigenvalue weighted by molar-refractivity contribution is -0.141. The van der Waals surface area contributed by atoms with Gasteiger partial charge >= 0.3 is 0 Å². The first kappa shape index (κ1) is 26.4. The molecule has 9 heteroatoms. The number of amides is 3. The Kier molecular flexibility index (Phi) is 8.20. The minimum atomic E-state index is -0.528. The highest BCUT2D eigenvalue weighted by Gasteiger charge is 2.39. The van der Waals surface area contributed by atoms with E-state index in [1.807, 2.05) is 4.90 Å². The van der Waals surface area contributed by atoms with Crippen molar-refractivity contribution in [1.82, 2.24) is 14.7 Å². The third kappa shape index (κ3) is 5.68. The number of hydrogen-bond acceptors (Lipinski definition) is 3. The van der Waals surface area contributed by atoms with E-state index in [0.717, 1.165) is 0 Å². The monoisotopic (exact) mass is 533 g/mol. The summed E-state index contributed by atoms with van der Waals surface area (Å²) < 4.78 is 14.4. The van der Waals surface area contributed by atoms with E-state index in [0.29, 0.717) is 61.6 Å². The maximum absolute atomic E-state index is 14.4. The van der Waals surface area contributed by atoms with Gasteiger partial charge in [-0.2, -0.15) is 0 Å².